The van der Waals surface area contributed by atoms with Crippen LogP contribution >= 0.6 is 11.6 Å². The van der Waals surface area contributed by atoms with Gasteiger partial charge in [0.2, 0.25) is 15.9 Å². The third kappa shape index (κ3) is 3.34. The molecule has 2 aromatic rings. The Morgan fingerprint density at radius 2 is 1.79 bits per heavy atom. The summed E-state index contributed by atoms with van der Waals surface area (Å²) >= 11 is 5.91. The van der Waals surface area contributed by atoms with Gasteiger partial charge in [-0.05, 0) is 62.1 Å². The van der Waals surface area contributed by atoms with Crippen LogP contribution in [0.1, 0.15) is 31.7 Å². The summed E-state index contributed by atoms with van der Waals surface area (Å²) in [6.45, 7) is 2.37. The Kier molecular flexibility index (Phi) is 5.21. The molecule has 2 heterocycles. The van der Waals surface area contributed by atoms with E-state index in [4.69, 9.17) is 11.6 Å². The van der Waals surface area contributed by atoms with E-state index < -0.39 is 16.1 Å². The van der Waals surface area contributed by atoms with E-state index in [1.54, 1.807) is 17.0 Å². The van der Waals surface area contributed by atoms with E-state index in [1.165, 1.54) is 16.4 Å². The molecule has 1 fully saturated rings. The summed E-state index contributed by atoms with van der Waals surface area (Å²) in [4.78, 5) is 15.5. The zero-order valence-corrected chi connectivity index (χ0v) is 17.3. The van der Waals surface area contributed by atoms with Gasteiger partial charge in [-0.25, -0.2) is 8.42 Å². The molecular weight excluding hydrogens is 396 g/mol. The van der Waals surface area contributed by atoms with Gasteiger partial charge in [0.05, 0.1) is 4.90 Å². The van der Waals surface area contributed by atoms with Gasteiger partial charge in [0, 0.05) is 23.3 Å². The molecule has 0 saturated carbocycles. The van der Waals surface area contributed by atoms with Gasteiger partial charge < -0.3 is 4.90 Å². The minimum absolute atomic E-state index is 0.0203. The molecule has 0 N–H and O–H groups in total. The summed E-state index contributed by atoms with van der Waals surface area (Å²) in [7, 11) is -3.77. The zero-order valence-electron chi connectivity index (χ0n) is 15.7. The molecular formula is C21H23ClN2O3S. The van der Waals surface area contributed by atoms with Crippen LogP contribution in [0.4, 0.5) is 5.69 Å². The number of sulfonamides is 1. The second-order valence-corrected chi connectivity index (χ2v) is 9.80. The standard InChI is InChI=1S/C21H23ClN2O3S/c1-15-14-16-6-2-3-7-19(16)24(15)21(25)20-8-4-5-13-23(20)28(26,27)18-11-9-17(22)10-12-18/h2-3,6-7,9-12,15,20H,4-5,8,13-14H2,1H3/t15-,20-/m0/s1. The van der Waals surface area contributed by atoms with Crippen molar-refractivity contribution in [2.45, 2.75) is 49.6 Å². The predicted octanol–water partition coefficient (Wildman–Crippen LogP) is 3.86. The smallest absolute Gasteiger partial charge is 0.245 e. The molecule has 2 atom stereocenters. The Morgan fingerprint density at radius 3 is 2.54 bits per heavy atom. The maximum atomic E-state index is 13.5. The SMILES string of the molecule is C[C@H]1Cc2ccccc2N1C(=O)[C@@H]1CCCCN1S(=O)(=O)c1ccc(Cl)cc1. The van der Waals surface area contributed by atoms with E-state index >= 15 is 0 Å². The molecule has 0 aromatic heterocycles. The van der Waals surface area contributed by atoms with Crippen molar-refractivity contribution < 1.29 is 13.2 Å². The maximum Gasteiger partial charge on any atom is 0.245 e. The number of para-hydroxylation sites is 1. The van der Waals surface area contributed by atoms with Crippen molar-refractivity contribution in [3.63, 3.8) is 0 Å². The van der Waals surface area contributed by atoms with E-state index in [-0.39, 0.29) is 16.8 Å². The molecule has 7 heteroatoms. The highest BCUT2D eigenvalue weighted by atomic mass is 35.5. The largest absolute Gasteiger partial charge is 0.308 e. The third-order valence-electron chi connectivity index (χ3n) is 5.60. The minimum atomic E-state index is -3.77. The van der Waals surface area contributed by atoms with Gasteiger partial charge in [0.25, 0.3) is 0 Å². The molecule has 0 spiro atoms. The molecule has 28 heavy (non-hydrogen) atoms. The topological polar surface area (TPSA) is 57.7 Å². The number of amides is 1. The van der Waals surface area contributed by atoms with Gasteiger partial charge in [-0.2, -0.15) is 4.31 Å². The number of carbonyl (C=O) groups excluding carboxylic acids is 1. The molecule has 5 nitrogen and oxygen atoms in total. The zero-order chi connectivity index (χ0) is 19.9. The molecule has 2 aromatic carbocycles. The molecule has 4 rings (SSSR count). The fourth-order valence-corrected chi connectivity index (χ4v) is 6.02. The van der Waals surface area contributed by atoms with E-state index in [9.17, 15) is 13.2 Å². The summed E-state index contributed by atoms with van der Waals surface area (Å²) in [5.41, 5.74) is 2.03. The minimum Gasteiger partial charge on any atom is -0.308 e. The molecule has 0 radical (unpaired) electrons. The van der Waals surface area contributed by atoms with Crippen molar-refractivity contribution in [2.24, 2.45) is 0 Å². The highest BCUT2D eigenvalue weighted by molar-refractivity contribution is 7.89. The van der Waals surface area contributed by atoms with Crippen LogP contribution in [-0.4, -0.2) is 37.3 Å². The molecule has 2 aliphatic heterocycles. The first kappa shape index (κ1) is 19.4. The summed E-state index contributed by atoms with van der Waals surface area (Å²) in [6.07, 6.45) is 2.92. The molecule has 0 aliphatic carbocycles. The fraction of sp³-hybridized carbons (Fsp3) is 0.381. The number of nitrogens with zero attached hydrogens (tertiary/aromatic N) is 2. The van der Waals surface area contributed by atoms with Gasteiger partial charge in [0.15, 0.2) is 0 Å². The number of benzene rings is 2. The van der Waals surface area contributed by atoms with Crippen molar-refractivity contribution >= 4 is 33.2 Å². The highest BCUT2D eigenvalue weighted by Gasteiger charge is 2.42. The van der Waals surface area contributed by atoms with Crippen LogP contribution in [0.15, 0.2) is 53.4 Å². The predicted molar refractivity (Wildman–Crippen MR) is 110 cm³/mol. The molecule has 1 amide bonds. The average Bonchev–Trinajstić information content (AvgIpc) is 3.03. The third-order valence-corrected chi connectivity index (χ3v) is 7.78. The van der Waals surface area contributed by atoms with Crippen molar-refractivity contribution in [3.8, 4) is 0 Å². The lowest BCUT2D eigenvalue weighted by Crippen LogP contribution is -2.54. The monoisotopic (exact) mass is 418 g/mol. The number of halogens is 1. The Balaban J connectivity index is 1.68. The summed E-state index contributed by atoms with van der Waals surface area (Å²) < 4.78 is 27.9. The van der Waals surface area contributed by atoms with Crippen LogP contribution in [0.3, 0.4) is 0 Å². The first-order valence-corrected chi connectivity index (χ1v) is 11.4. The summed E-state index contributed by atoms with van der Waals surface area (Å²) in [6, 6.07) is 13.3. The van der Waals surface area contributed by atoms with Crippen LogP contribution in [0.5, 0.6) is 0 Å². The Bertz CT molecular complexity index is 991. The van der Waals surface area contributed by atoms with Crippen LogP contribution < -0.4 is 4.90 Å². The number of anilines is 1. The quantitative estimate of drug-likeness (QED) is 0.760. The Hall–Kier alpha value is -1.89. The first-order chi connectivity index (χ1) is 13.4. The number of hydrogen-bond donors (Lipinski definition) is 0. The lowest BCUT2D eigenvalue weighted by molar-refractivity contribution is -0.123. The van der Waals surface area contributed by atoms with Gasteiger partial charge in [-0.1, -0.05) is 36.2 Å². The van der Waals surface area contributed by atoms with Crippen LogP contribution in [-0.2, 0) is 21.2 Å². The first-order valence-electron chi connectivity index (χ1n) is 9.58. The second-order valence-electron chi connectivity index (χ2n) is 7.47. The highest BCUT2D eigenvalue weighted by Crippen LogP contribution is 2.35. The normalized spacial score (nSPS) is 22.9. The van der Waals surface area contributed by atoms with E-state index in [2.05, 4.69) is 0 Å². The molecule has 0 bridgehead atoms. The molecule has 0 unspecified atom stereocenters. The second kappa shape index (κ2) is 7.50. The maximum absolute atomic E-state index is 13.5. The van der Waals surface area contributed by atoms with Crippen LogP contribution in [0.25, 0.3) is 0 Å². The number of piperidine rings is 1. The van der Waals surface area contributed by atoms with E-state index in [1.807, 2.05) is 31.2 Å². The number of fused-ring (bicyclic) bond motifs is 1. The number of rotatable bonds is 3. The lowest BCUT2D eigenvalue weighted by Gasteiger charge is -2.37. The number of hydrogen-bond acceptors (Lipinski definition) is 3. The van der Waals surface area contributed by atoms with Crippen molar-refractivity contribution in [1.29, 1.82) is 0 Å². The van der Waals surface area contributed by atoms with Crippen molar-refractivity contribution in [3.05, 3.63) is 59.1 Å². The van der Waals surface area contributed by atoms with Gasteiger partial charge in [-0.3, -0.25) is 4.79 Å². The summed E-state index contributed by atoms with van der Waals surface area (Å²) in [5, 5.41) is 0.479. The lowest BCUT2D eigenvalue weighted by atomic mass is 10.0. The van der Waals surface area contributed by atoms with Crippen LogP contribution in [0.2, 0.25) is 5.02 Å². The van der Waals surface area contributed by atoms with Gasteiger partial charge >= 0.3 is 0 Å². The van der Waals surface area contributed by atoms with Gasteiger partial charge in [0.1, 0.15) is 6.04 Å². The number of carbonyl (C=O) groups is 1. The van der Waals surface area contributed by atoms with Crippen molar-refractivity contribution in [1.82, 2.24) is 4.31 Å². The Labute approximate surface area is 171 Å². The van der Waals surface area contributed by atoms with Crippen molar-refractivity contribution in [2.75, 3.05) is 11.4 Å². The van der Waals surface area contributed by atoms with E-state index in [0.29, 0.717) is 18.0 Å². The van der Waals surface area contributed by atoms with Gasteiger partial charge in [-0.15, -0.1) is 0 Å². The molecule has 2 aliphatic rings. The molecule has 1 saturated heterocycles. The molecule has 148 valence electrons. The average molecular weight is 419 g/mol. The summed E-state index contributed by atoms with van der Waals surface area (Å²) in [5.74, 6) is -0.130. The van der Waals surface area contributed by atoms with Crippen LogP contribution in [0, 0.1) is 0 Å². The Morgan fingerprint density at radius 1 is 1.07 bits per heavy atom. The fourth-order valence-electron chi connectivity index (χ4n) is 4.24. The van der Waals surface area contributed by atoms with E-state index in [0.717, 1.165) is 30.5 Å².